The molecule has 2 fully saturated rings. The molecule has 0 aliphatic carbocycles. The lowest BCUT2D eigenvalue weighted by atomic mass is 10.0. The van der Waals surface area contributed by atoms with E-state index in [1.807, 2.05) is 29.0 Å². The van der Waals surface area contributed by atoms with E-state index in [0.717, 1.165) is 36.7 Å². The lowest BCUT2D eigenvalue weighted by molar-refractivity contribution is -0.184. The van der Waals surface area contributed by atoms with Gasteiger partial charge in [-0.1, -0.05) is 29.8 Å². The summed E-state index contributed by atoms with van der Waals surface area (Å²) in [4.78, 5) is 6.62. The average molecular weight is 482 g/mol. The highest BCUT2D eigenvalue weighted by Crippen LogP contribution is 2.32. The van der Waals surface area contributed by atoms with Crippen LogP contribution < -0.4 is 9.64 Å². The first-order valence-corrected chi connectivity index (χ1v) is 12.6. The zero-order valence-corrected chi connectivity index (χ0v) is 20.2. The van der Waals surface area contributed by atoms with Gasteiger partial charge in [-0.15, -0.1) is 0 Å². The number of nitrogens with zero attached hydrogens (tertiary/aromatic N) is 3. The van der Waals surface area contributed by atoms with Gasteiger partial charge in [0.05, 0.1) is 19.5 Å². The summed E-state index contributed by atoms with van der Waals surface area (Å²) >= 11 is 6.04. The second kappa shape index (κ2) is 10.8. The van der Waals surface area contributed by atoms with Crippen LogP contribution in [0.3, 0.4) is 0 Å². The van der Waals surface area contributed by atoms with Crippen molar-refractivity contribution in [1.29, 1.82) is 0 Å². The quantitative estimate of drug-likeness (QED) is 0.412. The van der Waals surface area contributed by atoms with E-state index in [-0.39, 0.29) is 6.10 Å². The van der Waals surface area contributed by atoms with Crippen molar-refractivity contribution in [3.63, 3.8) is 0 Å². The van der Waals surface area contributed by atoms with Gasteiger partial charge in [-0.2, -0.15) is 0 Å². The molecule has 5 rings (SSSR count). The van der Waals surface area contributed by atoms with Crippen LogP contribution in [0.15, 0.2) is 67.3 Å². The second-order valence-corrected chi connectivity index (χ2v) is 9.62. The predicted octanol–water partition coefficient (Wildman–Crippen LogP) is 5.35. The van der Waals surface area contributed by atoms with E-state index < -0.39 is 5.79 Å². The Morgan fingerprint density at radius 1 is 1.09 bits per heavy atom. The molecule has 0 N–H and O–H groups in total. The Morgan fingerprint density at radius 2 is 1.94 bits per heavy atom. The van der Waals surface area contributed by atoms with Gasteiger partial charge in [-0.05, 0) is 55.5 Å². The molecule has 1 aromatic heterocycles. The Morgan fingerprint density at radius 3 is 2.74 bits per heavy atom. The van der Waals surface area contributed by atoms with Crippen LogP contribution in [0.1, 0.15) is 31.2 Å². The van der Waals surface area contributed by atoms with Crippen LogP contribution in [-0.2, 0) is 22.4 Å². The van der Waals surface area contributed by atoms with Gasteiger partial charge in [0.2, 0.25) is 0 Å². The van der Waals surface area contributed by atoms with Gasteiger partial charge in [0.25, 0.3) is 0 Å². The first kappa shape index (κ1) is 23.2. The van der Waals surface area contributed by atoms with Gasteiger partial charge >= 0.3 is 0 Å². The number of rotatable bonds is 9. The summed E-state index contributed by atoms with van der Waals surface area (Å²) in [6, 6.07) is 16.3. The molecule has 2 aromatic carbocycles. The van der Waals surface area contributed by atoms with E-state index in [1.54, 1.807) is 12.5 Å². The third-order valence-electron chi connectivity index (χ3n) is 6.58. The van der Waals surface area contributed by atoms with Crippen LogP contribution in [0.5, 0.6) is 5.75 Å². The number of anilines is 1. The molecule has 0 saturated carbocycles. The fraction of sp³-hybridized carbons (Fsp3) is 0.444. The Kier molecular flexibility index (Phi) is 7.38. The van der Waals surface area contributed by atoms with Crippen molar-refractivity contribution in [3.8, 4) is 5.75 Å². The van der Waals surface area contributed by atoms with Crippen molar-refractivity contribution >= 4 is 17.3 Å². The third-order valence-corrected chi connectivity index (χ3v) is 6.83. The highest BCUT2D eigenvalue weighted by molar-refractivity contribution is 6.30. The summed E-state index contributed by atoms with van der Waals surface area (Å²) in [5, 5.41) is 0.742. The van der Waals surface area contributed by atoms with Gasteiger partial charge in [-0.25, -0.2) is 4.98 Å². The van der Waals surface area contributed by atoms with E-state index in [2.05, 4.69) is 40.2 Å². The summed E-state index contributed by atoms with van der Waals surface area (Å²) in [6.45, 7) is 3.78. The largest absolute Gasteiger partial charge is 0.491 e. The molecule has 6 nitrogen and oxygen atoms in total. The molecule has 2 saturated heterocycles. The molecule has 3 heterocycles. The van der Waals surface area contributed by atoms with Crippen LogP contribution in [0.25, 0.3) is 0 Å². The van der Waals surface area contributed by atoms with Crippen molar-refractivity contribution in [2.24, 2.45) is 0 Å². The zero-order chi connectivity index (χ0) is 23.2. The number of halogens is 1. The molecular formula is C27H32ClN3O3. The van der Waals surface area contributed by atoms with E-state index in [4.69, 9.17) is 25.8 Å². The van der Waals surface area contributed by atoms with Crippen molar-refractivity contribution in [3.05, 3.63) is 77.8 Å². The van der Waals surface area contributed by atoms with Gasteiger partial charge in [0.15, 0.2) is 5.79 Å². The first-order valence-electron chi connectivity index (χ1n) is 12.2. The summed E-state index contributed by atoms with van der Waals surface area (Å²) in [5.74, 6) is 0.157. The maximum absolute atomic E-state index is 6.50. The summed E-state index contributed by atoms with van der Waals surface area (Å²) in [5.41, 5.74) is 2.44. The maximum atomic E-state index is 6.50. The van der Waals surface area contributed by atoms with Crippen LogP contribution in [0.2, 0.25) is 5.02 Å². The molecule has 7 heteroatoms. The number of piperidine rings is 1. The molecule has 0 radical (unpaired) electrons. The zero-order valence-electron chi connectivity index (χ0n) is 19.4. The van der Waals surface area contributed by atoms with Crippen LogP contribution in [0, 0.1) is 0 Å². The van der Waals surface area contributed by atoms with Crippen molar-refractivity contribution in [2.45, 2.75) is 50.5 Å². The fourth-order valence-corrected chi connectivity index (χ4v) is 4.87. The van der Waals surface area contributed by atoms with Crippen LogP contribution in [0.4, 0.5) is 5.69 Å². The van der Waals surface area contributed by atoms with Crippen LogP contribution in [-0.4, -0.2) is 47.7 Å². The van der Waals surface area contributed by atoms with Gasteiger partial charge in [0, 0.05) is 48.7 Å². The Balaban J connectivity index is 1.21. The second-order valence-electron chi connectivity index (χ2n) is 9.18. The molecule has 0 spiro atoms. The summed E-state index contributed by atoms with van der Waals surface area (Å²) in [6.07, 6.45) is 10.8. The number of hydrogen-bond acceptors (Lipinski definition) is 5. The van der Waals surface area contributed by atoms with E-state index in [1.165, 1.54) is 30.5 Å². The first-order chi connectivity index (χ1) is 16.7. The number of benzene rings is 2. The lowest BCUT2D eigenvalue weighted by Gasteiger charge is -2.29. The number of aryl methyl sites for hydroxylation is 1. The summed E-state index contributed by atoms with van der Waals surface area (Å²) < 4.78 is 21.0. The molecular weight excluding hydrogens is 450 g/mol. The average Bonchev–Trinajstić information content (AvgIpc) is 3.54. The Hall–Kier alpha value is -2.54. The van der Waals surface area contributed by atoms with Crippen molar-refractivity contribution in [1.82, 2.24) is 9.55 Å². The molecule has 2 aliphatic rings. The third kappa shape index (κ3) is 5.93. The number of hydrogen-bond donors (Lipinski definition) is 0. The van der Waals surface area contributed by atoms with E-state index in [0.29, 0.717) is 19.8 Å². The SMILES string of the molecule is Clc1ccc(CC[C@]2(Cn3ccnc3)OC[C@@H](COc3cccc(N4CCCCC4)c3)O2)cc1. The summed E-state index contributed by atoms with van der Waals surface area (Å²) in [7, 11) is 0. The van der Waals surface area contributed by atoms with E-state index >= 15 is 0 Å². The molecule has 0 bridgehead atoms. The highest BCUT2D eigenvalue weighted by Gasteiger charge is 2.42. The molecule has 0 amide bonds. The molecule has 2 aliphatic heterocycles. The number of aromatic nitrogens is 2. The minimum absolute atomic E-state index is 0.132. The topological polar surface area (TPSA) is 48.8 Å². The van der Waals surface area contributed by atoms with Crippen LogP contribution >= 0.6 is 11.6 Å². The fourth-order valence-electron chi connectivity index (χ4n) is 4.75. The smallest absolute Gasteiger partial charge is 0.187 e. The Bertz CT molecular complexity index is 1040. The van der Waals surface area contributed by atoms with Crippen molar-refractivity contribution in [2.75, 3.05) is 31.2 Å². The standard InChI is InChI=1S/C27H32ClN3O3/c28-23-9-7-22(8-10-23)11-12-27(20-30-16-13-29-21-30)33-19-26(34-27)18-32-25-6-4-5-24(17-25)31-14-2-1-3-15-31/h4-10,13,16-17,21,26H,1-3,11-12,14-15,18-20H2/t26-,27+/m1/s1. The monoisotopic (exact) mass is 481 g/mol. The predicted molar refractivity (Wildman–Crippen MR) is 134 cm³/mol. The normalized spacial score (nSPS) is 22.7. The number of imidazole rings is 1. The van der Waals surface area contributed by atoms with Gasteiger partial charge in [0.1, 0.15) is 18.5 Å². The maximum Gasteiger partial charge on any atom is 0.187 e. The lowest BCUT2D eigenvalue weighted by Crippen LogP contribution is -2.37. The molecule has 3 aromatic rings. The molecule has 180 valence electrons. The number of ether oxygens (including phenoxy) is 3. The Labute approximate surface area is 206 Å². The van der Waals surface area contributed by atoms with Crippen molar-refractivity contribution < 1.29 is 14.2 Å². The van der Waals surface area contributed by atoms with E-state index in [9.17, 15) is 0 Å². The van der Waals surface area contributed by atoms with Gasteiger partial charge < -0.3 is 23.7 Å². The minimum atomic E-state index is -0.718. The van der Waals surface area contributed by atoms with Gasteiger partial charge in [-0.3, -0.25) is 0 Å². The molecule has 0 unspecified atom stereocenters. The minimum Gasteiger partial charge on any atom is -0.491 e. The molecule has 2 atom stereocenters. The molecule has 34 heavy (non-hydrogen) atoms. The highest BCUT2D eigenvalue weighted by atomic mass is 35.5.